The summed E-state index contributed by atoms with van der Waals surface area (Å²) in [5.74, 6) is -0.0441. The van der Waals surface area contributed by atoms with Crippen molar-refractivity contribution >= 4 is 11.9 Å². The highest BCUT2D eigenvalue weighted by molar-refractivity contribution is 5.92. The van der Waals surface area contributed by atoms with Gasteiger partial charge in [-0.25, -0.2) is 4.79 Å². The maximum Gasteiger partial charge on any atom is 0.339 e. The third-order valence-electron chi connectivity index (χ3n) is 6.34. The summed E-state index contributed by atoms with van der Waals surface area (Å²) in [6, 6.07) is 3.52. The number of benzene rings is 1. The highest BCUT2D eigenvalue weighted by Gasteiger charge is 2.28. The maximum atomic E-state index is 12.2. The van der Waals surface area contributed by atoms with E-state index >= 15 is 0 Å². The van der Waals surface area contributed by atoms with Crippen LogP contribution in [0.1, 0.15) is 52.4 Å². The summed E-state index contributed by atoms with van der Waals surface area (Å²) in [5.41, 5.74) is 1.91. The number of ether oxygens (including phenoxy) is 4. The number of aliphatic hydroxyl groups excluding tert-OH is 1. The molecule has 1 saturated carbocycles. The zero-order chi connectivity index (χ0) is 24.8. The number of carboxylic acid groups (broad SMARTS) is 1. The van der Waals surface area contributed by atoms with E-state index in [9.17, 15) is 19.8 Å². The standard InChI is InChI=1S/C25H33NO8/c1-15-20(31-2)8-17(9-21(15)32-3)24(29)22(34-14-16-6-5-7-16)13-26-11-18(10-23(27)28)19(12-26)25(30)33-4/h8-9,11-12,16,22,24,29H,5-7,10,13-14H2,1-4H3,(H,27,28)/t22-,24+/m0/s1. The van der Waals surface area contributed by atoms with Crippen LogP contribution in [0.4, 0.5) is 0 Å². The van der Waals surface area contributed by atoms with Gasteiger partial charge in [0.1, 0.15) is 23.7 Å². The Labute approximate surface area is 199 Å². The smallest absolute Gasteiger partial charge is 0.339 e. The molecule has 3 rings (SSSR count). The van der Waals surface area contributed by atoms with Crippen LogP contribution in [0.25, 0.3) is 0 Å². The van der Waals surface area contributed by atoms with Crippen LogP contribution in [0.3, 0.4) is 0 Å². The molecule has 1 heterocycles. The fourth-order valence-electron chi connectivity index (χ4n) is 4.12. The lowest BCUT2D eigenvalue weighted by molar-refractivity contribution is -0.136. The van der Waals surface area contributed by atoms with Crippen LogP contribution in [0.15, 0.2) is 24.5 Å². The Kier molecular flexibility index (Phi) is 8.57. The number of carbonyl (C=O) groups is 2. The molecular formula is C25H33NO8. The van der Waals surface area contributed by atoms with Gasteiger partial charge in [0, 0.05) is 24.6 Å². The second-order valence-electron chi connectivity index (χ2n) is 8.62. The third kappa shape index (κ3) is 5.90. The summed E-state index contributed by atoms with van der Waals surface area (Å²) < 4.78 is 23.6. The molecule has 186 valence electrons. The quantitative estimate of drug-likeness (QED) is 0.450. The second kappa shape index (κ2) is 11.4. The van der Waals surface area contributed by atoms with E-state index in [0.29, 0.717) is 35.2 Å². The van der Waals surface area contributed by atoms with Gasteiger partial charge in [-0.2, -0.15) is 0 Å². The van der Waals surface area contributed by atoms with Crippen LogP contribution in [0, 0.1) is 12.8 Å². The molecule has 1 aromatic heterocycles. The van der Waals surface area contributed by atoms with Gasteiger partial charge in [0.25, 0.3) is 0 Å². The van der Waals surface area contributed by atoms with E-state index in [1.54, 1.807) is 37.1 Å². The van der Waals surface area contributed by atoms with Gasteiger partial charge >= 0.3 is 11.9 Å². The summed E-state index contributed by atoms with van der Waals surface area (Å²) in [4.78, 5) is 23.4. The van der Waals surface area contributed by atoms with Crippen LogP contribution < -0.4 is 9.47 Å². The minimum Gasteiger partial charge on any atom is -0.496 e. The van der Waals surface area contributed by atoms with E-state index in [1.165, 1.54) is 19.7 Å². The topological polar surface area (TPSA) is 116 Å². The second-order valence-corrected chi connectivity index (χ2v) is 8.62. The molecule has 2 N–H and O–H groups in total. The summed E-state index contributed by atoms with van der Waals surface area (Å²) in [6.45, 7) is 2.58. The molecule has 1 aromatic carbocycles. The van der Waals surface area contributed by atoms with E-state index in [1.807, 2.05) is 6.92 Å². The number of methoxy groups -OCH3 is 3. The third-order valence-corrected chi connectivity index (χ3v) is 6.34. The molecule has 0 bridgehead atoms. The number of rotatable bonds is 12. The van der Waals surface area contributed by atoms with E-state index < -0.39 is 24.1 Å². The van der Waals surface area contributed by atoms with E-state index in [-0.39, 0.29) is 18.5 Å². The molecule has 0 aliphatic heterocycles. The van der Waals surface area contributed by atoms with Crippen molar-refractivity contribution < 1.29 is 38.7 Å². The Bertz CT molecular complexity index is 985. The Balaban J connectivity index is 1.91. The number of aliphatic carboxylic acids is 1. The maximum absolute atomic E-state index is 12.2. The fourth-order valence-corrected chi connectivity index (χ4v) is 4.12. The lowest BCUT2D eigenvalue weighted by Crippen LogP contribution is -2.31. The number of carbonyl (C=O) groups excluding carboxylic acids is 1. The summed E-state index contributed by atoms with van der Waals surface area (Å²) in [6.07, 6.45) is 4.48. The van der Waals surface area contributed by atoms with Crippen molar-refractivity contribution in [1.29, 1.82) is 0 Å². The van der Waals surface area contributed by atoms with E-state index in [0.717, 1.165) is 18.4 Å². The first-order valence-corrected chi connectivity index (χ1v) is 11.3. The molecule has 2 atom stereocenters. The lowest BCUT2D eigenvalue weighted by atomic mass is 9.86. The number of hydrogen-bond acceptors (Lipinski definition) is 7. The van der Waals surface area contributed by atoms with Gasteiger partial charge in [0.15, 0.2) is 0 Å². The fraction of sp³-hybridized carbons (Fsp3) is 0.520. The van der Waals surface area contributed by atoms with Crippen LogP contribution in [-0.4, -0.2) is 60.8 Å². The first-order chi connectivity index (χ1) is 16.3. The molecule has 0 unspecified atom stereocenters. The van der Waals surface area contributed by atoms with Gasteiger partial charge in [-0.15, -0.1) is 0 Å². The molecule has 1 aliphatic rings. The molecule has 9 heteroatoms. The van der Waals surface area contributed by atoms with Gasteiger partial charge in [-0.05, 0) is 48.9 Å². The van der Waals surface area contributed by atoms with Crippen LogP contribution in [0.5, 0.6) is 11.5 Å². The van der Waals surface area contributed by atoms with Crippen molar-refractivity contribution in [2.24, 2.45) is 5.92 Å². The zero-order valence-corrected chi connectivity index (χ0v) is 20.1. The molecule has 34 heavy (non-hydrogen) atoms. The molecule has 2 aromatic rings. The van der Waals surface area contributed by atoms with Gasteiger partial charge in [0.2, 0.25) is 0 Å². The van der Waals surface area contributed by atoms with Crippen molar-refractivity contribution in [3.05, 3.63) is 46.8 Å². The molecule has 0 spiro atoms. The lowest BCUT2D eigenvalue weighted by Gasteiger charge is -2.30. The number of aromatic nitrogens is 1. The average Bonchev–Trinajstić information content (AvgIpc) is 3.17. The van der Waals surface area contributed by atoms with Crippen molar-refractivity contribution in [3.63, 3.8) is 0 Å². The van der Waals surface area contributed by atoms with E-state index in [4.69, 9.17) is 18.9 Å². The molecule has 9 nitrogen and oxygen atoms in total. The summed E-state index contributed by atoms with van der Waals surface area (Å²) in [7, 11) is 4.36. The SMILES string of the molecule is COC(=O)c1cn(C[C@H](OCC2CCC2)[C@H](O)c2cc(OC)c(C)c(OC)c2)cc1CC(=O)O. The first-order valence-electron chi connectivity index (χ1n) is 11.3. The monoisotopic (exact) mass is 475 g/mol. The highest BCUT2D eigenvalue weighted by Crippen LogP contribution is 2.35. The number of esters is 1. The molecule has 0 radical (unpaired) electrons. The van der Waals surface area contributed by atoms with Gasteiger partial charge < -0.3 is 33.7 Å². The number of aliphatic hydroxyl groups is 1. The zero-order valence-electron chi connectivity index (χ0n) is 20.1. The molecule has 1 aliphatic carbocycles. The van der Waals surface area contributed by atoms with Crippen LogP contribution >= 0.6 is 0 Å². The summed E-state index contributed by atoms with van der Waals surface area (Å²) >= 11 is 0. The number of carboxylic acids is 1. The van der Waals surface area contributed by atoms with Crippen molar-refractivity contribution in [2.45, 2.75) is 51.4 Å². The number of nitrogens with zero attached hydrogens (tertiary/aromatic N) is 1. The van der Waals surface area contributed by atoms with Crippen LogP contribution in [0.2, 0.25) is 0 Å². The van der Waals surface area contributed by atoms with Crippen molar-refractivity contribution in [1.82, 2.24) is 4.57 Å². The summed E-state index contributed by atoms with van der Waals surface area (Å²) in [5, 5.41) is 20.5. The normalized spacial score (nSPS) is 15.3. The Morgan fingerprint density at radius 3 is 2.26 bits per heavy atom. The highest BCUT2D eigenvalue weighted by atomic mass is 16.5. The first kappa shape index (κ1) is 25.6. The largest absolute Gasteiger partial charge is 0.496 e. The predicted octanol–water partition coefficient (Wildman–Crippen LogP) is 3.15. The molecule has 0 saturated heterocycles. The van der Waals surface area contributed by atoms with Crippen molar-refractivity contribution in [2.75, 3.05) is 27.9 Å². The predicted molar refractivity (Wildman–Crippen MR) is 123 cm³/mol. The molecule has 0 amide bonds. The molecule has 1 fully saturated rings. The van der Waals surface area contributed by atoms with Gasteiger partial charge in [0.05, 0.1) is 39.9 Å². The van der Waals surface area contributed by atoms with Crippen molar-refractivity contribution in [3.8, 4) is 11.5 Å². The minimum atomic E-state index is -1.06. The molecular weight excluding hydrogens is 442 g/mol. The Hall–Kier alpha value is -3.04. The van der Waals surface area contributed by atoms with Gasteiger partial charge in [-0.1, -0.05) is 6.42 Å². The van der Waals surface area contributed by atoms with E-state index in [2.05, 4.69) is 0 Å². The minimum absolute atomic E-state index is 0.177. The Morgan fingerprint density at radius 2 is 1.76 bits per heavy atom. The Morgan fingerprint density at radius 1 is 1.12 bits per heavy atom. The van der Waals surface area contributed by atoms with Gasteiger partial charge in [-0.3, -0.25) is 4.79 Å². The number of hydrogen-bond donors (Lipinski definition) is 2. The van der Waals surface area contributed by atoms with Crippen LogP contribution in [-0.2, 0) is 27.2 Å². The average molecular weight is 476 g/mol.